The number of rotatable bonds is 5. The SMILES string of the molecule is CCOC(=O)[C@@]1(Cc2ccccc2F)CCCN(C(=O)c2ccc3nccnc3c2)C1. The predicted molar refractivity (Wildman–Crippen MR) is 114 cm³/mol. The summed E-state index contributed by atoms with van der Waals surface area (Å²) in [6.07, 6.45) is 4.54. The summed E-state index contributed by atoms with van der Waals surface area (Å²) in [5, 5.41) is 0. The van der Waals surface area contributed by atoms with Gasteiger partial charge < -0.3 is 9.64 Å². The number of likely N-dealkylation sites (tertiary alicyclic amines) is 1. The first-order valence-electron chi connectivity index (χ1n) is 10.4. The number of aromatic nitrogens is 2. The van der Waals surface area contributed by atoms with Gasteiger partial charge in [0.1, 0.15) is 5.82 Å². The van der Waals surface area contributed by atoms with Crippen molar-refractivity contribution >= 4 is 22.9 Å². The van der Waals surface area contributed by atoms with Crippen LogP contribution >= 0.6 is 0 Å². The van der Waals surface area contributed by atoms with E-state index in [9.17, 15) is 14.0 Å². The number of halogens is 1. The van der Waals surface area contributed by atoms with Crippen LogP contribution in [0.2, 0.25) is 0 Å². The first kappa shape index (κ1) is 20.9. The van der Waals surface area contributed by atoms with Crippen molar-refractivity contribution in [1.29, 1.82) is 0 Å². The normalized spacial score (nSPS) is 18.7. The van der Waals surface area contributed by atoms with Gasteiger partial charge in [0.2, 0.25) is 0 Å². The van der Waals surface area contributed by atoms with E-state index in [1.54, 1.807) is 60.6 Å². The first-order valence-corrected chi connectivity index (χ1v) is 10.4. The monoisotopic (exact) mass is 421 g/mol. The molecule has 1 aromatic heterocycles. The Kier molecular flexibility index (Phi) is 5.93. The van der Waals surface area contributed by atoms with Crippen molar-refractivity contribution in [1.82, 2.24) is 14.9 Å². The van der Waals surface area contributed by atoms with E-state index < -0.39 is 5.41 Å². The highest BCUT2D eigenvalue weighted by Crippen LogP contribution is 2.36. The molecule has 6 nitrogen and oxygen atoms in total. The van der Waals surface area contributed by atoms with Gasteiger partial charge in [-0.05, 0) is 56.0 Å². The van der Waals surface area contributed by atoms with E-state index in [0.29, 0.717) is 41.5 Å². The van der Waals surface area contributed by atoms with Crippen LogP contribution in [0.3, 0.4) is 0 Å². The van der Waals surface area contributed by atoms with Gasteiger partial charge in [0.05, 0.1) is 23.1 Å². The van der Waals surface area contributed by atoms with Crippen LogP contribution in [0.15, 0.2) is 54.9 Å². The van der Waals surface area contributed by atoms with Gasteiger partial charge in [-0.2, -0.15) is 0 Å². The molecule has 0 N–H and O–H groups in total. The number of esters is 1. The number of ether oxygens (including phenoxy) is 1. The van der Waals surface area contributed by atoms with Gasteiger partial charge in [-0.25, -0.2) is 4.39 Å². The summed E-state index contributed by atoms with van der Waals surface area (Å²) in [4.78, 5) is 36.5. The lowest BCUT2D eigenvalue weighted by Crippen LogP contribution is -2.51. The Balaban J connectivity index is 1.63. The maximum absolute atomic E-state index is 14.4. The largest absolute Gasteiger partial charge is 0.466 e. The minimum absolute atomic E-state index is 0.178. The minimum atomic E-state index is -0.983. The average molecular weight is 421 g/mol. The van der Waals surface area contributed by atoms with Crippen LogP contribution in [0.5, 0.6) is 0 Å². The molecule has 3 aromatic rings. The van der Waals surface area contributed by atoms with Gasteiger partial charge in [-0.1, -0.05) is 18.2 Å². The number of hydrogen-bond acceptors (Lipinski definition) is 5. The number of amides is 1. The van der Waals surface area contributed by atoms with Crippen LogP contribution in [-0.2, 0) is 16.0 Å². The molecular weight excluding hydrogens is 397 g/mol. The van der Waals surface area contributed by atoms with Gasteiger partial charge in [0.15, 0.2) is 0 Å². The lowest BCUT2D eigenvalue weighted by Gasteiger charge is -2.41. The Morgan fingerprint density at radius 2 is 1.90 bits per heavy atom. The van der Waals surface area contributed by atoms with Gasteiger partial charge in [0, 0.05) is 31.0 Å². The Morgan fingerprint density at radius 1 is 1.13 bits per heavy atom. The van der Waals surface area contributed by atoms with E-state index in [1.165, 1.54) is 6.07 Å². The zero-order valence-electron chi connectivity index (χ0n) is 17.4. The maximum Gasteiger partial charge on any atom is 0.314 e. The number of fused-ring (bicyclic) bond motifs is 1. The third-order valence-corrected chi connectivity index (χ3v) is 5.78. The quantitative estimate of drug-likeness (QED) is 0.586. The van der Waals surface area contributed by atoms with Crippen LogP contribution in [0.25, 0.3) is 11.0 Å². The number of piperidine rings is 1. The van der Waals surface area contributed by atoms with E-state index in [0.717, 1.165) is 0 Å². The van der Waals surface area contributed by atoms with Crippen molar-refractivity contribution in [2.45, 2.75) is 26.2 Å². The highest BCUT2D eigenvalue weighted by molar-refractivity contribution is 5.97. The van der Waals surface area contributed by atoms with Crippen LogP contribution in [0.4, 0.5) is 4.39 Å². The summed E-state index contributed by atoms with van der Waals surface area (Å²) in [6, 6.07) is 11.6. The van der Waals surface area contributed by atoms with Crippen molar-refractivity contribution in [3.8, 4) is 0 Å². The predicted octanol–water partition coefficient (Wildman–Crippen LogP) is 3.80. The molecule has 160 valence electrons. The molecule has 7 heteroatoms. The zero-order valence-corrected chi connectivity index (χ0v) is 17.4. The summed E-state index contributed by atoms with van der Waals surface area (Å²) in [5.41, 5.74) is 1.29. The molecule has 1 aliphatic rings. The van der Waals surface area contributed by atoms with Crippen LogP contribution in [0, 0.1) is 11.2 Å². The highest BCUT2D eigenvalue weighted by Gasteiger charge is 2.45. The molecule has 0 spiro atoms. The number of nitrogens with zero attached hydrogens (tertiary/aromatic N) is 3. The molecule has 1 atom stereocenters. The Hall–Kier alpha value is -3.35. The van der Waals surface area contributed by atoms with Gasteiger partial charge >= 0.3 is 5.97 Å². The number of benzene rings is 2. The molecule has 0 bridgehead atoms. The average Bonchev–Trinajstić information content (AvgIpc) is 2.80. The van der Waals surface area contributed by atoms with Crippen molar-refractivity contribution in [2.75, 3.05) is 19.7 Å². The fourth-order valence-corrected chi connectivity index (χ4v) is 4.26. The summed E-state index contributed by atoms with van der Waals surface area (Å²) < 4.78 is 19.8. The van der Waals surface area contributed by atoms with Gasteiger partial charge in [0.25, 0.3) is 5.91 Å². The molecule has 31 heavy (non-hydrogen) atoms. The molecule has 0 saturated carbocycles. The van der Waals surface area contributed by atoms with Crippen LogP contribution in [-0.4, -0.2) is 46.4 Å². The van der Waals surface area contributed by atoms with Crippen molar-refractivity contribution in [3.05, 3.63) is 71.8 Å². The second kappa shape index (κ2) is 8.79. The molecule has 1 fully saturated rings. The Bertz CT molecular complexity index is 1120. The molecule has 4 rings (SSSR count). The Morgan fingerprint density at radius 3 is 2.68 bits per heavy atom. The topological polar surface area (TPSA) is 72.4 Å². The Labute approximate surface area is 180 Å². The smallest absolute Gasteiger partial charge is 0.314 e. The second-order valence-electron chi connectivity index (χ2n) is 7.86. The molecule has 2 heterocycles. The lowest BCUT2D eigenvalue weighted by molar-refractivity contribution is -0.158. The first-order chi connectivity index (χ1) is 15.0. The summed E-state index contributed by atoms with van der Waals surface area (Å²) in [7, 11) is 0. The standard InChI is InChI=1S/C24H24FN3O3/c1-2-31-23(30)24(15-18-6-3-4-7-19(18)25)10-5-13-28(16-24)22(29)17-8-9-20-21(14-17)27-12-11-26-20/h3-4,6-9,11-12,14H,2,5,10,13,15-16H2,1H3/t24-/m1/s1. The van der Waals surface area contributed by atoms with Crippen molar-refractivity contribution in [3.63, 3.8) is 0 Å². The minimum Gasteiger partial charge on any atom is -0.466 e. The van der Waals surface area contributed by atoms with E-state index in [2.05, 4.69) is 9.97 Å². The molecule has 0 radical (unpaired) electrons. The summed E-state index contributed by atoms with van der Waals surface area (Å²) in [6.45, 7) is 2.68. The number of carbonyl (C=O) groups excluding carboxylic acids is 2. The summed E-state index contributed by atoms with van der Waals surface area (Å²) >= 11 is 0. The summed E-state index contributed by atoms with van der Waals surface area (Å²) in [5.74, 6) is -0.933. The highest BCUT2D eigenvalue weighted by atomic mass is 19.1. The molecule has 1 aliphatic heterocycles. The molecule has 2 aromatic carbocycles. The van der Waals surface area contributed by atoms with Gasteiger partial charge in [-0.3, -0.25) is 19.6 Å². The molecule has 1 saturated heterocycles. The van der Waals surface area contributed by atoms with E-state index >= 15 is 0 Å². The third-order valence-electron chi connectivity index (χ3n) is 5.78. The van der Waals surface area contributed by atoms with Gasteiger partial charge in [-0.15, -0.1) is 0 Å². The number of carbonyl (C=O) groups is 2. The lowest BCUT2D eigenvalue weighted by atomic mass is 9.74. The fraction of sp³-hybridized carbons (Fsp3) is 0.333. The van der Waals surface area contributed by atoms with E-state index in [-0.39, 0.29) is 37.3 Å². The molecule has 0 aliphatic carbocycles. The zero-order chi connectivity index (χ0) is 21.8. The fourth-order valence-electron chi connectivity index (χ4n) is 4.26. The van der Waals surface area contributed by atoms with Crippen molar-refractivity contribution in [2.24, 2.45) is 5.41 Å². The van der Waals surface area contributed by atoms with Crippen LogP contribution < -0.4 is 0 Å². The maximum atomic E-state index is 14.4. The molecule has 0 unspecified atom stereocenters. The van der Waals surface area contributed by atoms with E-state index in [4.69, 9.17) is 4.74 Å². The van der Waals surface area contributed by atoms with Crippen molar-refractivity contribution < 1.29 is 18.7 Å². The third kappa shape index (κ3) is 4.26. The number of hydrogen-bond donors (Lipinski definition) is 0. The van der Waals surface area contributed by atoms with E-state index in [1.807, 2.05) is 0 Å². The molecular formula is C24H24FN3O3. The molecule has 1 amide bonds. The van der Waals surface area contributed by atoms with Crippen LogP contribution in [0.1, 0.15) is 35.7 Å². The second-order valence-corrected chi connectivity index (χ2v) is 7.86.